The number of hydrogen-bond donors (Lipinski definition) is 0. The second-order valence-corrected chi connectivity index (χ2v) is 2.23. The van der Waals surface area contributed by atoms with Gasteiger partial charge in [0.15, 0.2) is 5.75 Å². The molecule has 0 aliphatic carbocycles. The third-order valence-electron chi connectivity index (χ3n) is 1.32. The van der Waals surface area contributed by atoms with Crippen molar-refractivity contribution in [1.82, 2.24) is 4.98 Å². The molecule has 0 unspecified atom stereocenters. The van der Waals surface area contributed by atoms with Crippen LogP contribution >= 0.6 is 0 Å². The maximum atomic E-state index is 12.2. The highest BCUT2D eigenvalue weighted by molar-refractivity contribution is 5.31. The summed E-state index contributed by atoms with van der Waals surface area (Å²) in [5.74, 6) is -0.350. The van der Waals surface area contributed by atoms with Crippen LogP contribution in [0.25, 0.3) is 0 Å². The average Bonchev–Trinajstić information content (AvgIpc) is 2.04. The maximum Gasteiger partial charge on any atom is 0.420 e. The topological polar surface area (TPSA) is 22.1 Å². The Morgan fingerprint density at radius 2 is 2.23 bits per heavy atom. The Balaban J connectivity index is 3.05. The lowest BCUT2D eigenvalue weighted by Crippen LogP contribution is -2.08. The standard InChI is InChI=1S/C8H7F3NO/c1-2-13-7-5-12-4-3-6(7)8(9,10)11/h3-4H,2H2,1H3. The molecule has 1 aromatic rings. The van der Waals surface area contributed by atoms with Gasteiger partial charge in [-0.15, -0.1) is 0 Å². The molecule has 1 aromatic heterocycles. The van der Waals surface area contributed by atoms with Crippen molar-refractivity contribution < 1.29 is 17.9 Å². The summed E-state index contributed by atoms with van der Waals surface area (Å²) in [6.45, 7) is 1.76. The fraction of sp³-hybridized carbons (Fsp3) is 0.375. The van der Waals surface area contributed by atoms with Crippen LogP contribution in [0.3, 0.4) is 0 Å². The van der Waals surface area contributed by atoms with E-state index in [9.17, 15) is 13.2 Å². The second-order valence-electron chi connectivity index (χ2n) is 2.23. The molecule has 0 aliphatic heterocycles. The zero-order valence-electron chi connectivity index (χ0n) is 6.85. The first-order valence-corrected chi connectivity index (χ1v) is 3.62. The summed E-state index contributed by atoms with van der Waals surface area (Å²) in [4.78, 5) is 3.43. The van der Waals surface area contributed by atoms with Gasteiger partial charge in [-0.1, -0.05) is 0 Å². The van der Waals surface area contributed by atoms with Gasteiger partial charge in [0.2, 0.25) is 0 Å². The van der Waals surface area contributed by atoms with Gasteiger partial charge in [0, 0.05) is 6.20 Å². The van der Waals surface area contributed by atoms with E-state index in [0.29, 0.717) is 0 Å². The molecule has 13 heavy (non-hydrogen) atoms. The van der Waals surface area contributed by atoms with Gasteiger partial charge in [0.05, 0.1) is 6.61 Å². The van der Waals surface area contributed by atoms with Gasteiger partial charge in [-0.3, -0.25) is 4.98 Å². The molecule has 0 saturated carbocycles. The number of aromatic nitrogens is 1. The molecule has 71 valence electrons. The minimum atomic E-state index is -4.41. The predicted octanol–water partition coefficient (Wildman–Crippen LogP) is 2.30. The average molecular weight is 190 g/mol. The van der Waals surface area contributed by atoms with E-state index in [-0.39, 0.29) is 12.4 Å². The smallest absolute Gasteiger partial charge is 0.420 e. The number of halogens is 3. The lowest BCUT2D eigenvalue weighted by molar-refractivity contribution is -0.139. The molecule has 1 heterocycles. The third-order valence-corrected chi connectivity index (χ3v) is 1.32. The van der Waals surface area contributed by atoms with Crippen molar-refractivity contribution >= 4 is 0 Å². The highest BCUT2D eigenvalue weighted by atomic mass is 19.4. The molecular formula is C8H7F3NO. The Labute approximate surface area is 73.4 Å². The van der Waals surface area contributed by atoms with Crippen LogP contribution in [0.1, 0.15) is 12.5 Å². The molecule has 1 radical (unpaired) electrons. The van der Waals surface area contributed by atoms with Crippen LogP contribution in [-0.4, -0.2) is 11.6 Å². The summed E-state index contributed by atoms with van der Waals surface area (Å²) in [6, 6.07) is 0.863. The van der Waals surface area contributed by atoms with Crippen molar-refractivity contribution in [2.45, 2.75) is 13.1 Å². The van der Waals surface area contributed by atoms with Gasteiger partial charge in [0.25, 0.3) is 0 Å². The molecule has 2 nitrogen and oxygen atoms in total. The number of alkyl halides is 3. The highest BCUT2D eigenvalue weighted by Gasteiger charge is 2.34. The number of ether oxygens (including phenoxy) is 1. The fourth-order valence-corrected chi connectivity index (χ4v) is 0.821. The van der Waals surface area contributed by atoms with Crippen molar-refractivity contribution in [1.29, 1.82) is 0 Å². The normalized spacial score (nSPS) is 11.4. The summed E-state index contributed by atoms with van der Waals surface area (Å²) >= 11 is 0. The molecular weight excluding hydrogens is 183 g/mol. The number of pyridine rings is 1. The number of hydrogen-bond acceptors (Lipinski definition) is 2. The zero-order chi connectivity index (χ0) is 9.90. The van der Waals surface area contributed by atoms with Gasteiger partial charge in [-0.05, 0) is 13.0 Å². The summed E-state index contributed by atoms with van der Waals surface area (Å²) in [5, 5.41) is 0. The molecule has 0 N–H and O–H groups in total. The van der Waals surface area contributed by atoms with Gasteiger partial charge in [0.1, 0.15) is 11.8 Å². The highest BCUT2D eigenvalue weighted by Crippen LogP contribution is 2.34. The fourth-order valence-electron chi connectivity index (χ4n) is 0.821. The lowest BCUT2D eigenvalue weighted by atomic mass is 10.2. The summed E-state index contributed by atoms with van der Waals surface area (Å²) < 4.78 is 41.5. The minimum absolute atomic E-state index is 0.158. The Kier molecular flexibility index (Phi) is 2.75. The first kappa shape index (κ1) is 9.83. The second kappa shape index (κ2) is 3.64. The quantitative estimate of drug-likeness (QED) is 0.713. The molecule has 0 amide bonds. The maximum absolute atomic E-state index is 12.2. The van der Waals surface area contributed by atoms with E-state index in [0.717, 1.165) is 12.3 Å². The van der Waals surface area contributed by atoms with Gasteiger partial charge < -0.3 is 4.74 Å². The Morgan fingerprint density at radius 1 is 1.54 bits per heavy atom. The van der Waals surface area contributed by atoms with E-state index in [1.807, 2.05) is 0 Å². The number of rotatable bonds is 2. The van der Waals surface area contributed by atoms with Gasteiger partial charge in [-0.2, -0.15) is 13.2 Å². The van der Waals surface area contributed by atoms with Crippen LogP contribution in [0, 0.1) is 6.20 Å². The Bertz CT molecular complexity index is 285. The van der Waals surface area contributed by atoms with E-state index >= 15 is 0 Å². The van der Waals surface area contributed by atoms with E-state index in [1.165, 1.54) is 0 Å². The molecule has 5 heteroatoms. The van der Waals surface area contributed by atoms with Crippen molar-refractivity contribution in [3.63, 3.8) is 0 Å². The van der Waals surface area contributed by atoms with E-state index in [2.05, 4.69) is 11.2 Å². The largest absolute Gasteiger partial charge is 0.491 e. The third kappa shape index (κ3) is 2.34. The molecule has 0 saturated heterocycles. The van der Waals surface area contributed by atoms with Crippen LogP contribution in [0.5, 0.6) is 5.75 Å². The van der Waals surface area contributed by atoms with Crippen LogP contribution in [-0.2, 0) is 6.18 Å². The van der Waals surface area contributed by atoms with E-state index < -0.39 is 11.7 Å². The summed E-state index contributed by atoms with van der Waals surface area (Å²) in [7, 11) is 0. The molecule has 0 aromatic carbocycles. The summed E-state index contributed by atoms with van der Waals surface area (Å²) in [6.07, 6.45) is -1.23. The molecule has 0 bridgehead atoms. The molecule has 0 atom stereocenters. The molecule has 0 spiro atoms. The van der Waals surface area contributed by atoms with Crippen LogP contribution in [0.15, 0.2) is 12.3 Å². The Morgan fingerprint density at radius 3 is 2.77 bits per heavy atom. The van der Waals surface area contributed by atoms with Crippen molar-refractivity contribution in [3.05, 3.63) is 24.0 Å². The van der Waals surface area contributed by atoms with E-state index in [4.69, 9.17) is 4.74 Å². The Hall–Kier alpha value is -1.26. The zero-order valence-corrected chi connectivity index (χ0v) is 6.85. The summed E-state index contributed by atoms with van der Waals surface area (Å²) in [5.41, 5.74) is -0.843. The van der Waals surface area contributed by atoms with Crippen LogP contribution in [0.2, 0.25) is 0 Å². The minimum Gasteiger partial charge on any atom is -0.491 e. The SMILES string of the molecule is CCOc1[c]nccc1C(F)(F)F. The first-order valence-electron chi connectivity index (χ1n) is 3.62. The van der Waals surface area contributed by atoms with Crippen LogP contribution in [0.4, 0.5) is 13.2 Å². The van der Waals surface area contributed by atoms with E-state index in [1.54, 1.807) is 6.92 Å². The van der Waals surface area contributed by atoms with Gasteiger partial charge in [-0.25, -0.2) is 0 Å². The molecule has 0 fully saturated rings. The predicted molar refractivity (Wildman–Crippen MR) is 39.2 cm³/mol. The molecule has 1 rings (SSSR count). The first-order chi connectivity index (χ1) is 6.05. The van der Waals surface area contributed by atoms with Crippen LogP contribution < -0.4 is 4.74 Å². The van der Waals surface area contributed by atoms with Crippen molar-refractivity contribution in [3.8, 4) is 5.75 Å². The lowest BCUT2D eigenvalue weighted by Gasteiger charge is -2.10. The van der Waals surface area contributed by atoms with Crippen molar-refractivity contribution in [2.75, 3.05) is 6.61 Å². The number of nitrogens with zero attached hydrogens (tertiary/aromatic N) is 1. The van der Waals surface area contributed by atoms with Crippen molar-refractivity contribution in [2.24, 2.45) is 0 Å². The monoisotopic (exact) mass is 190 g/mol. The molecule has 0 aliphatic rings. The van der Waals surface area contributed by atoms with Gasteiger partial charge >= 0.3 is 6.18 Å².